The number of thioether (sulfide) groups is 1. The molecule has 0 aliphatic heterocycles. The normalized spacial score (nSPS) is 11.4. The third-order valence-electron chi connectivity index (χ3n) is 2.58. The number of phenols is 1. The molecule has 8 heteroatoms. The van der Waals surface area contributed by atoms with Gasteiger partial charge in [0, 0.05) is 6.54 Å². The Morgan fingerprint density at radius 2 is 2.05 bits per heavy atom. The molecule has 3 N–H and O–H groups in total. The van der Waals surface area contributed by atoms with E-state index in [1.165, 1.54) is 6.07 Å². The zero-order valence-corrected chi connectivity index (χ0v) is 12.6. The molecule has 0 saturated heterocycles. The van der Waals surface area contributed by atoms with Crippen LogP contribution in [0.3, 0.4) is 0 Å². The van der Waals surface area contributed by atoms with Crippen molar-refractivity contribution in [2.24, 2.45) is 0 Å². The first-order valence-corrected chi connectivity index (χ1v) is 8.81. The van der Waals surface area contributed by atoms with Gasteiger partial charge in [-0.3, -0.25) is 0 Å². The standard InChI is InChI=1S/C12H17NO5S2/c1-19-7-3-2-6-13-20(17,18)9-4-5-11(14)10(8-9)12(15)16/h4-5,8,13-14H,2-3,6-7H2,1H3,(H,15,16). The molecule has 0 radical (unpaired) electrons. The lowest BCUT2D eigenvalue weighted by Gasteiger charge is -2.08. The van der Waals surface area contributed by atoms with Crippen LogP contribution in [0, 0.1) is 0 Å². The highest BCUT2D eigenvalue weighted by Crippen LogP contribution is 2.21. The summed E-state index contributed by atoms with van der Waals surface area (Å²) in [6.45, 7) is 0.298. The molecule has 0 saturated carbocycles. The van der Waals surface area contributed by atoms with Crippen molar-refractivity contribution in [1.29, 1.82) is 0 Å². The lowest BCUT2D eigenvalue weighted by molar-refractivity contribution is 0.0693. The largest absolute Gasteiger partial charge is 0.507 e. The first-order valence-electron chi connectivity index (χ1n) is 5.93. The number of aromatic hydroxyl groups is 1. The minimum atomic E-state index is -3.75. The molecule has 1 aromatic rings. The molecule has 0 heterocycles. The van der Waals surface area contributed by atoms with Crippen molar-refractivity contribution < 1.29 is 23.4 Å². The summed E-state index contributed by atoms with van der Waals surface area (Å²) in [6, 6.07) is 3.18. The second-order valence-electron chi connectivity index (χ2n) is 4.08. The number of nitrogens with one attached hydrogen (secondary N) is 1. The van der Waals surface area contributed by atoms with Gasteiger partial charge in [0.1, 0.15) is 11.3 Å². The minimum absolute atomic E-state index is 0.169. The number of carbonyl (C=O) groups is 1. The molecule has 1 rings (SSSR count). The molecular formula is C12H17NO5S2. The van der Waals surface area contributed by atoms with Crippen molar-refractivity contribution in [3.05, 3.63) is 23.8 Å². The Morgan fingerprint density at radius 1 is 1.35 bits per heavy atom. The van der Waals surface area contributed by atoms with Crippen LogP contribution in [-0.2, 0) is 10.0 Å². The number of hydrogen-bond acceptors (Lipinski definition) is 5. The van der Waals surface area contributed by atoms with Crippen LogP contribution in [0.25, 0.3) is 0 Å². The summed E-state index contributed by atoms with van der Waals surface area (Å²) >= 11 is 1.69. The second-order valence-corrected chi connectivity index (χ2v) is 6.83. The van der Waals surface area contributed by atoms with E-state index < -0.39 is 27.3 Å². The summed E-state index contributed by atoms with van der Waals surface area (Å²) in [6.07, 6.45) is 3.59. The summed E-state index contributed by atoms with van der Waals surface area (Å²) in [7, 11) is -3.75. The number of aromatic carboxylic acids is 1. The number of rotatable bonds is 8. The lowest BCUT2D eigenvalue weighted by Crippen LogP contribution is -2.25. The van der Waals surface area contributed by atoms with Gasteiger partial charge in [-0.05, 0) is 43.0 Å². The van der Waals surface area contributed by atoms with Crippen molar-refractivity contribution in [3.63, 3.8) is 0 Å². The van der Waals surface area contributed by atoms with Gasteiger partial charge in [0.25, 0.3) is 0 Å². The van der Waals surface area contributed by atoms with E-state index in [1.54, 1.807) is 11.8 Å². The Balaban J connectivity index is 2.77. The predicted octanol–water partition coefficient (Wildman–Crippen LogP) is 1.51. The van der Waals surface area contributed by atoms with Crippen molar-refractivity contribution >= 4 is 27.8 Å². The Bertz CT molecular complexity index is 571. The number of sulfonamides is 1. The van der Waals surface area contributed by atoms with Crippen molar-refractivity contribution in [2.75, 3.05) is 18.6 Å². The highest BCUT2D eigenvalue weighted by molar-refractivity contribution is 7.98. The Morgan fingerprint density at radius 3 is 2.65 bits per heavy atom. The second kappa shape index (κ2) is 7.51. The lowest BCUT2D eigenvalue weighted by atomic mass is 10.2. The molecular weight excluding hydrogens is 302 g/mol. The van der Waals surface area contributed by atoms with Crippen molar-refractivity contribution in [2.45, 2.75) is 17.7 Å². The average Bonchev–Trinajstić information content (AvgIpc) is 2.38. The maximum Gasteiger partial charge on any atom is 0.339 e. The van der Waals surface area contributed by atoms with Crippen LogP contribution in [0.15, 0.2) is 23.1 Å². The number of benzene rings is 1. The SMILES string of the molecule is CSCCCCNS(=O)(=O)c1ccc(O)c(C(=O)O)c1. The zero-order chi connectivity index (χ0) is 15.2. The fraction of sp³-hybridized carbons (Fsp3) is 0.417. The molecule has 20 heavy (non-hydrogen) atoms. The molecule has 0 aromatic heterocycles. The van der Waals surface area contributed by atoms with Crippen LogP contribution in [-0.4, -0.2) is 43.2 Å². The molecule has 112 valence electrons. The highest BCUT2D eigenvalue weighted by atomic mass is 32.2. The summed E-state index contributed by atoms with van der Waals surface area (Å²) in [5.74, 6) is -0.875. The fourth-order valence-electron chi connectivity index (χ4n) is 1.51. The monoisotopic (exact) mass is 319 g/mol. The maximum absolute atomic E-state index is 12.0. The van der Waals surface area contributed by atoms with Crippen molar-refractivity contribution in [1.82, 2.24) is 4.72 Å². The third kappa shape index (κ3) is 4.69. The van der Waals surface area contributed by atoms with E-state index in [4.69, 9.17) is 5.11 Å². The Hall–Kier alpha value is -1.25. The molecule has 0 spiro atoms. The predicted molar refractivity (Wildman–Crippen MR) is 77.9 cm³/mol. The number of hydrogen-bond donors (Lipinski definition) is 3. The van der Waals surface area contributed by atoms with Crippen LogP contribution in [0.4, 0.5) is 0 Å². The van der Waals surface area contributed by atoms with Gasteiger partial charge in [-0.2, -0.15) is 11.8 Å². The summed E-state index contributed by atoms with van der Waals surface area (Å²) < 4.78 is 26.3. The fourth-order valence-corrected chi connectivity index (χ4v) is 3.11. The summed E-state index contributed by atoms with van der Waals surface area (Å²) in [4.78, 5) is 10.7. The van der Waals surface area contributed by atoms with Gasteiger partial charge in [0.05, 0.1) is 4.90 Å². The van der Waals surface area contributed by atoms with Gasteiger partial charge in [0.2, 0.25) is 10.0 Å². The molecule has 0 unspecified atom stereocenters. The van der Waals surface area contributed by atoms with Crippen LogP contribution >= 0.6 is 11.8 Å². The molecule has 6 nitrogen and oxygen atoms in total. The topological polar surface area (TPSA) is 104 Å². The quantitative estimate of drug-likeness (QED) is 0.628. The summed E-state index contributed by atoms with van der Waals surface area (Å²) in [5.41, 5.74) is -0.435. The molecule has 1 aromatic carbocycles. The Kier molecular flexibility index (Phi) is 6.31. The molecule has 0 aliphatic carbocycles. The minimum Gasteiger partial charge on any atom is -0.507 e. The van der Waals surface area contributed by atoms with Crippen LogP contribution in [0.1, 0.15) is 23.2 Å². The van der Waals surface area contributed by atoms with E-state index in [0.717, 1.165) is 24.3 Å². The molecule has 0 aliphatic rings. The number of unbranched alkanes of at least 4 members (excludes halogenated alkanes) is 1. The molecule has 0 amide bonds. The third-order valence-corrected chi connectivity index (χ3v) is 4.73. The van der Waals surface area contributed by atoms with E-state index in [9.17, 15) is 18.3 Å². The molecule has 0 atom stereocenters. The maximum atomic E-state index is 12.0. The zero-order valence-electron chi connectivity index (χ0n) is 11.0. The first kappa shape index (κ1) is 16.8. The van der Waals surface area contributed by atoms with E-state index in [0.29, 0.717) is 13.0 Å². The van der Waals surface area contributed by atoms with Crippen molar-refractivity contribution in [3.8, 4) is 5.75 Å². The van der Waals surface area contributed by atoms with E-state index in [1.807, 2.05) is 6.26 Å². The Labute approximate surface area is 122 Å². The van der Waals surface area contributed by atoms with E-state index in [-0.39, 0.29) is 4.90 Å². The molecule has 0 fully saturated rings. The number of carboxylic acid groups (broad SMARTS) is 1. The van der Waals surface area contributed by atoms with E-state index >= 15 is 0 Å². The van der Waals surface area contributed by atoms with Gasteiger partial charge >= 0.3 is 5.97 Å². The van der Waals surface area contributed by atoms with E-state index in [2.05, 4.69) is 4.72 Å². The number of carboxylic acids is 1. The average molecular weight is 319 g/mol. The van der Waals surface area contributed by atoms with Gasteiger partial charge in [-0.15, -0.1) is 0 Å². The van der Waals surface area contributed by atoms with Crippen LogP contribution < -0.4 is 4.72 Å². The summed E-state index contributed by atoms with van der Waals surface area (Å²) in [5, 5.41) is 18.2. The van der Waals surface area contributed by atoms with Gasteiger partial charge in [0.15, 0.2) is 0 Å². The smallest absolute Gasteiger partial charge is 0.339 e. The van der Waals surface area contributed by atoms with Gasteiger partial charge < -0.3 is 10.2 Å². The first-order chi connectivity index (χ1) is 9.38. The highest BCUT2D eigenvalue weighted by Gasteiger charge is 2.18. The molecule has 0 bridgehead atoms. The van der Waals surface area contributed by atoms with Crippen LogP contribution in [0.2, 0.25) is 0 Å². The van der Waals surface area contributed by atoms with Gasteiger partial charge in [-0.1, -0.05) is 0 Å². The van der Waals surface area contributed by atoms with Gasteiger partial charge in [-0.25, -0.2) is 17.9 Å². The van der Waals surface area contributed by atoms with Crippen LogP contribution in [0.5, 0.6) is 5.75 Å².